The lowest BCUT2D eigenvalue weighted by Gasteiger charge is -2.32. The third-order valence-corrected chi connectivity index (χ3v) is 5.93. The molecule has 4 rings (SSSR count). The number of halogens is 1. The number of hydrogen-bond acceptors (Lipinski definition) is 4. The Balaban J connectivity index is 1.37. The van der Waals surface area contributed by atoms with E-state index in [1.807, 2.05) is 25.1 Å². The molecule has 1 aromatic heterocycles. The molecule has 0 radical (unpaired) electrons. The summed E-state index contributed by atoms with van der Waals surface area (Å²) < 4.78 is 0. The molecule has 136 valence electrons. The Bertz CT molecular complexity index is 831. The third-order valence-electron chi connectivity index (χ3n) is 5.52. The van der Waals surface area contributed by atoms with Crippen molar-refractivity contribution in [1.82, 2.24) is 10.2 Å². The minimum atomic E-state index is 0.0204. The smallest absolute Gasteiger partial charge is 0.227 e. The molecule has 0 saturated carbocycles. The van der Waals surface area contributed by atoms with Crippen LogP contribution in [0.4, 0.5) is 11.5 Å². The van der Waals surface area contributed by atoms with Gasteiger partial charge >= 0.3 is 0 Å². The van der Waals surface area contributed by atoms with E-state index in [1.165, 1.54) is 12.0 Å². The van der Waals surface area contributed by atoms with Crippen LogP contribution in [0.2, 0.25) is 5.02 Å². The van der Waals surface area contributed by atoms with Crippen LogP contribution in [0.25, 0.3) is 0 Å². The van der Waals surface area contributed by atoms with Crippen molar-refractivity contribution in [3.8, 4) is 0 Å². The van der Waals surface area contributed by atoms with Gasteiger partial charge in [0, 0.05) is 29.7 Å². The van der Waals surface area contributed by atoms with E-state index in [9.17, 15) is 4.79 Å². The van der Waals surface area contributed by atoms with Crippen molar-refractivity contribution in [3.05, 3.63) is 46.1 Å². The van der Waals surface area contributed by atoms with Crippen LogP contribution >= 0.6 is 11.6 Å². The van der Waals surface area contributed by atoms with E-state index in [2.05, 4.69) is 26.5 Å². The average molecular weight is 371 g/mol. The Morgan fingerprint density at radius 3 is 2.85 bits per heavy atom. The lowest BCUT2D eigenvalue weighted by molar-refractivity contribution is -0.120. The lowest BCUT2D eigenvalue weighted by atomic mass is 9.95. The predicted molar refractivity (Wildman–Crippen MR) is 104 cm³/mol. The average Bonchev–Trinajstić information content (AvgIpc) is 3.13. The molecule has 1 amide bonds. The summed E-state index contributed by atoms with van der Waals surface area (Å²) in [5, 5.41) is 12.5. The number of aromatic nitrogens is 2. The van der Waals surface area contributed by atoms with Gasteiger partial charge in [-0.1, -0.05) is 17.7 Å². The van der Waals surface area contributed by atoms with Crippen LogP contribution in [0.1, 0.15) is 36.1 Å². The number of benzene rings is 1. The maximum atomic E-state index is 12.6. The molecule has 0 atom stereocenters. The van der Waals surface area contributed by atoms with Crippen LogP contribution in [0.15, 0.2) is 24.3 Å². The molecule has 2 aromatic rings. The summed E-state index contributed by atoms with van der Waals surface area (Å²) >= 11 is 6.14. The Kier molecular flexibility index (Phi) is 4.81. The number of anilines is 2. The summed E-state index contributed by atoms with van der Waals surface area (Å²) in [7, 11) is 0. The van der Waals surface area contributed by atoms with Crippen LogP contribution in [0.5, 0.6) is 0 Å². The number of piperidine rings is 1. The summed E-state index contributed by atoms with van der Waals surface area (Å²) in [5.41, 5.74) is 4.20. The van der Waals surface area contributed by atoms with Gasteiger partial charge in [0.15, 0.2) is 5.82 Å². The molecule has 1 saturated heterocycles. The van der Waals surface area contributed by atoms with Crippen molar-refractivity contribution in [1.29, 1.82) is 0 Å². The van der Waals surface area contributed by atoms with Gasteiger partial charge in [0.25, 0.3) is 0 Å². The van der Waals surface area contributed by atoms with Crippen LogP contribution in [0, 0.1) is 12.8 Å². The van der Waals surface area contributed by atoms with Crippen molar-refractivity contribution in [2.24, 2.45) is 5.92 Å². The number of aryl methyl sites for hydroxylation is 2. The van der Waals surface area contributed by atoms with Gasteiger partial charge in [0.05, 0.1) is 5.69 Å². The van der Waals surface area contributed by atoms with Crippen LogP contribution < -0.4 is 10.2 Å². The molecule has 1 aromatic carbocycles. The maximum Gasteiger partial charge on any atom is 0.227 e. The number of fused-ring (bicyclic) bond motifs is 1. The van der Waals surface area contributed by atoms with Crippen LogP contribution in [-0.4, -0.2) is 29.2 Å². The van der Waals surface area contributed by atoms with E-state index in [0.29, 0.717) is 5.02 Å². The molecule has 0 spiro atoms. The predicted octanol–water partition coefficient (Wildman–Crippen LogP) is 3.78. The zero-order chi connectivity index (χ0) is 18.1. The monoisotopic (exact) mass is 370 g/mol. The van der Waals surface area contributed by atoms with Gasteiger partial charge in [-0.3, -0.25) is 4.79 Å². The van der Waals surface area contributed by atoms with Crippen molar-refractivity contribution in [3.63, 3.8) is 0 Å². The SMILES string of the molecule is Cc1c(Cl)cccc1NC(=O)C1CCN(c2cc3c(nn2)CCC3)CC1. The van der Waals surface area contributed by atoms with E-state index >= 15 is 0 Å². The molecule has 6 heteroatoms. The molecule has 1 aliphatic carbocycles. The molecule has 2 aliphatic rings. The van der Waals surface area contributed by atoms with Crippen molar-refractivity contribution in [2.75, 3.05) is 23.3 Å². The van der Waals surface area contributed by atoms with Crippen LogP contribution in [0.3, 0.4) is 0 Å². The molecule has 5 nitrogen and oxygen atoms in total. The quantitative estimate of drug-likeness (QED) is 0.893. The van der Waals surface area contributed by atoms with Gasteiger partial charge in [0.2, 0.25) is 5.91 Å². The summed E-state index contributed by atoms with van der Waals surface area (Å²) in [6, 6.07) is 7.78. The zero-order valence-electron chi connectivity index (χ0n) is 15.0. The van der Waals surface area contributed by atoms with Crippen LogP contribution in [-0.2, 0) is 17.6 Å². The van der Waals surface area contributed by atoms with E-state index in [0.717, 1.165) is 61.5 Å². The molecular formula is C20H23ClN4O. The highest BCUT2D eigenvalue weighted by Crippen LogP contribution is 2.28. The van der Waals surface area contributed by atoms with Crippen molar-refractivity contribution < 1.29 is 4.79 Å². The minimum Gasteiger partial charge on any atom is -0.355 e. The molecule has 1 fully saturated rings. The maximum absolute atomic E-state index is 12.6. The first-order valence-corrected chi connectivity index (χ1v) is 9.66. The summed E-state index contributed by atoms with van der Waals surface area (Å²) in [6.45, 7) is 3.59. The topological polar surface area (TPSA) is 58.1 Å². The molecule has 0 unspecified atom stereocenters. The highest BCUT2D eigenvalue weighted by molar-refractivity contribution is 6.31. The largest absolute Gasteiger partial charge is 0.355 e. The molecule has 1 N–H and O–H groups in total. The molecule has 1 aliphatic heterocycles. The lowest BCUT2D eigenvalue weighted by Crippen LogP contribution is -2.38. The van der Waals surface area contributed by atoms with Gasteiger partial charge in [-0.05, 0) is 68.4 Å². The number of rotatable bonds is 3. The fourth-order valence-electron chi connectivity index (χ4n) is 3.82. The zero-order valence-corrected chi connectivity index (χ0v) is 15.7. The van der Waals surface area contributed by atoms with E-state index < -0.39 is 0 Å². The number of carbonyl (C=O) groups is 1. The second kappa shape index (κ2) is 7.23. The number of amides is 1. The Labute approximate surface area is 158 Å². The standard InChI is InChI=1S/C20H23ClN4O/c1-13-16(21)5-3-6-17(13)22-20(26)14-8-10-25(11-9-14)19-12-15-4-2-7-18(15)23-24-19/h3,5-6,12,14H,2,4,7-11H2,1H3,(H,22,26). The highest BCUT2D eigenvalue weighted by Gasteiger charge is 2.27. The van der Waals surface area contributed by atoms with E-state index in [1.54, 1.807) is 0 Å². The first kappa shape index (κ1) is 17.3. The Morgan fingerprint density at radius 2 is 2.04 bits per heavy atom. The number of nitrogens with zero attached hydrogens (tertiary/aromatic N) is 3. The summed E-state index contributed by atoms with van der Waals surface area (Å²) in [6.07, 6.45) is 4.98. The second-order valence-corrected chi connectivity index (χ2v) is 7.60. The Hall–Kier alpha value is -2.14. The summed E-state index contributed by atoms with van der Waals surface area (Å²) in [5.74, 6) is 1.05. The van der Waals surface area contributed by atoms with Gasteiger partial charge < -0.3 is 10.2 Å². The third kappa shape index (κ3) is 3.40. The number of hydrogen-bond donors (Lipinski definition) is 1. The van der Waals surface area contributed by atoms with E-state index in [4.69, 9.17) is 11.6 Å². The number of nitrogens with one attached hydrogen (secondary N) is 1. The fourth-order valence-corrected chi connectivity index (χ4v) is 3.99. The second-order valence-electron chi connectivity index (χ2n) is 7.19. The van der Waals surface area contributed by atoms with Crippen molar-refractivity contribution >= 4 is 29.0 Å². The highest BCUT2D eigenvalue weighted by atomic mass is 35.5. The normalized spacial score (nSPS) is 17.2. The molecule has 2 heterocycles. The summed E-state index contributed by atoms with van der Waals surface area (Å²) in [4.78, 5) is 14.9. The van der Waals surface area contributed by atoms with Gasteiger partial charge in [-0.25, -0.2) is 0 Å². The van der Waals surface area contributed by atoms with Gasteiger partial charge in [-0.2, -0.15) is 5.10 Å². The van der Waals surface area contributed by atoms with Crippen molar-refractivity contribution in [2.45, 2.75) is 39.0 Å². The first-order valence-electron chi connectivity index (χ1n) is 9.28. The molecular weight excluding hydrogens is 348 g/mol. The molecule has 0 bridgehead atoms. The number of carbonyl (C=O) groups excluding carboxylic acids is 1. The fraction of sp³-hybridized carbons (Fsp3) is 0.450. The van der Waals surface area contributed by atoms with E-state index in [-0.39, 0.29) is 11.8 Å². The van der Waals surface area contributed by atoms with Gasteiger partial charge in [-0.15, -0.1) is 5.10 Å². The minimum absolute atomic E-state index is 0.0204. The molecule has 26 heavy (non-hydrogen) atoms. The first-order chi connectivity index (χ1) is 12.6. The Morgan fingerprint density at radius 1 is 1.23 bits per heavy atom. The van der Waals surface area contributed by atoms with Gasteiger partial charge in [0.1, 0.15) is 0 Å².